The summed E-state index contributed by atoms with van der Waals surface area (Å²) >= 11 is 0. The number of hydrogen-bond donors (Lipinski definition) is 2. The Morgan fingerprint density at radius 3 is 2.75 bits per heavy atom. The van der Waals surface area contributed by atoms with Gasteiger partial charge in [0.25, 0.3) is 0 Å². The molecule has 0 fully saturated rings. The maximum atomic E-state index is 5.75. The van der Waals surface area contributed by atoms with E-state index in [1.807, 2.05) is 43.3 Å². The van der Waals surface area contributed by atoms with Gasteiger partial charge in [-0.3, -0.25) is 10.8 Å². The van der Waals surface area contributed by atoms with Crippen LogP contribution >= 0.6 is 0 Å². The Kier molecular flexibility index (Phi) is 3.37. The normalized spacial score (nSPS) is 12.5. The van der Waals surface area contributed by atoms with Gasteiger partial charge >= 0.3 is 0 Å². The van der Waals surface area contributed by atoms with Gasteiger partial charge in [-0.05, 0) is 30.7 Å². The molecule has 0 amide bonds. The second-order valence-electron chi connectivity index (χ2n) is 4.55. The van der Waals surface area contributed by atoms with Crippen molar-refractivity contribution >= 4 is 10.9 Å². The molecule has 0 radical (unpaired) electrons. The van der Waals surface area contributed by atoms with Gasteiger partial charge in [0.15, 0.2) is 0 Å². The van der Waals surface area contributed by atoms with Gasteiger partial charge in [0, 0.05) is 17.8 Å². The molecular formula is C15H15N5. The summed E-state index contributed by atoms with van der Waals surface area (Å²) in [5, 5.41) is 1.06. The predicted molar refractivity (Wildman–Crippen MR) is 77.7 cm³/mol. The maximum Gasteiger partial charge on any atom is 0.125 e. The number of pyridine rings is 1. The van der Waals surface area contributed by atoms with Crippen molar-refractivity contribution in [3.8, 4) is 0 Å². The molecule has 2 heterocycles. The van der Waals surface area contributed by atoms with Gasteiger partial charge in [-0.15, -0.1) is 0 Å². The third-order valence-electron chi connectivity index (χ3n) is 3.25. The number of hydrogen-bond acceptors (Lipinski definition) is 5. The fraction of sp³-hybridized carbons (Fsp3) is 0.133. The Morgan fingerprint density at radius 1 is 1.05 bits per heavy atom. The minimum Gasteiger partial charge on any atom is -0.271 e. The van der Waals surface area contributed by atoms with Gasteiger partial charge in [0.1, 0.15) is 5.82 Å². The SMILES string of the molecule is Cc1nccc(C(NN)c2cccc3ncccc23)n1. The van der Waals surface area contributed by atoms with Crippen LogP contribution in [-0.2, 0) is 0 Å². The van der Waals surface area contributed by atoms with Gasteiger partial charge < -0.3 is 0 Å². The van der Waals surface area contributed by atoms with Crippen LogP contribution in [-0.4, -0.2) is 15.0 Å². The van der Waals surface area contributed by atoms with Crippen molar-refractivity contribution in [2.24, 2.45) is 5.84 Å². The number of fused-ring (bicyclic) bond motifs is 1. The van der Waals surface area contributed by atoms with Crippen LogP contribution in [0.15, 0.2) is 48.8 Å². The fourth-order valence-corrected chi connectivity index (χ4v) is 2.35. The molecule has 1 aromatic carbocycles. The van der Waals surface area contributed by atoms with Gasteiger partial charge in [-0.1, -0.05) is 18.2 Å². The standard InChI is InChI=1S/C15H15N5/c1-10-17-9-7-14(19-10)15(20-16)12-4-2-6-13-11(12)5-3-8-18-13/h2-9,15,20H,16H2,1H3. The Hall–Kier alpha value is -2.37. The monoisotopic (exact) mass is 265 g/mol. The van der Waals surface area contributed by atoms with Crippen molar-refractivity contribution in [2.75, 3.05) is 0 Å². The summed E-state index contributed by atoms with van der Waals surface area (Å²) in [5.74, 6) is 6.47. The number of nitrogens with two attached hydrogens (primary N) is 1. The second-order valence-corrected chi connectivity index (χ2v) is 4.55. The van der Waals surface area contributed by atoms with E-state index in [-0.39, 0.29) is 6.04 Å². The Morgan fingerprint density at radius 2 is 1.95 bits per heavy atom. The lowest BCUT2D eigenvalue weighted by Gasteiger charge is -2.17. The van der Waals surface area contributed by atoms with E-state index in [1.54, 1.807) is 12.4 Å². The first kappa shape index (κ1) is 12.7. The smallest absolute Gasteiger partial charge is 0.125 e. The van der Waals surface area contributed by atoms with Gasteiger partial charge in [0.05, 0.1) is 17.3 Å². The molecule has 1 atom stereocenters. The number of benzene rings is 1. The van der Waals surface area contributed by atoms with Crippen molar-refractivity contribution in [3.05, 3.63) is 65.9 Å². The molecule has 0 saturated carbocycles. The number of nitrogens with one attached hydrogen (secondary N) is 1. The molecule has 0 saturated heterocycles. The zero-order chi connectivity index (χ0) is 13.9. The Labute approximate surface area is 116 Å². The predicted octanol–water partition coefficient (Wildman–Crippen LogP) is 1.89. The maximum absolute atomic E-state index is 5.75. The summed E-state index contributed by atoms with van der Waals surface area (Å²) in [4.78, 5) is 12.9. The number of aromatic nitrogens is 3. The Bertz CT molecular complexity index is 736. The molecule has 0 bridgehead atoms. The summed E-state index contributed by atoms with van der Waals surface area (Å²) in [5.41, 5.74) is 5.67. The van der Waals surface area contributed by atoms with Gasteiger partial charge in [0.2, 0.25) is 0 Å². The number of aryl methyl sites for hydroxylation is 1. The van der Waals surface area contributed by atoms with E-state index in [9.17, 15) is 0 Å². The van der Waals surface area contributed by atoms with Crippen molar-refractivity contribution in [3.63, 3.8) is 0 Å². The molecule has 0 spiro atoms. The highest BCUT2D eigenvalue weighted by molar-refractivity contribution is 5.82. The van der Waals surface area contributed by atoms with E-state index in [0.29, 0.717) is 0 Å². The van der Waals surface area contributed by atoms with E-state index in [4.69, 9.17) is 5.84 Å². The van der Waals surface area contributed by atoms with Crippen LogP contribution in [0.1, 0.15) is 23.1 Å². The van der Waals surface area contributed by atoms with Crippen LogP contribution in [0.2, 0.25) is 0 Å². The lowest BCUT2D eigenvalue weighted by Crippen LogP contribution is -2.29. The molecule has 0 aliphatic rings. The summed E-state index contributed by atoms with van der Waals surface area (Å²) in [6, 6.07) is 11.6. The van der Waals surface area contributed by atoms with E-state index in [1.165, 1.54) is 0 Å². The van der Waals surface area contributed by atoms with Crippen LogP contribution < -0.4 is 11.3 Å². The molecule has 100 valence electrons. The minimum atomic E-state index is -0.190. The first-order chi connectivity index (χ1) is 9.79. The van der Waals surface area contributed by atoms with Gasteiger partial charge in [-0.2, -0.15) is 0 Å². The van der Waals surface area contributed by atoms with Crippen LogP contribution in [0, 0.1) is 6.92 Å². The average molecular weight is 265 g/mol. The van der Waals surface area contributed by atoms with Crippen LogP contribution in [0.4, 0.5) is 0 Å². The number of rotatable bonds is 3. The van der Waals surface area contributed by atoms with Crippen molar-refractivity contribution in [1.29, 1.82) is 0 Å². The zero-order valence-corrected chi connectivity index (χ0v) is 11.1. The molecule has 3 aromatic rings. The topological polar surface area (TPSA) is 76.7 Å². The minimum absolute atomic E-state index is 0.190. The molecule has 5 heteroatoms. The zero-order valence-electron chi connectivity index (χ0n) is 11.1. The fourth-order valence-electron chi connectivity index (χ4n) is 2.35. The molecule has 0 aliphatic carbocycles. The highest BCUT2D eigenvalue weighted by Gasteiger charge is 2.16. The highest BCUT2D eigenvalue weighted by Crippen LogP contribution is 2.26. The lowest BCUT2D eigenvalue weighted by molar-refractivity contribution is 0.620. The van der Waals surface area contributed by atoms with Crippen molar-refractivity contribution in [1.82, 2.24) is 20.4 Å². The molecule has 2 aromatic heterocycles. The molecule has 5 nitrogen and oxygen atoms in total. The third kappa shape index (κ3) is 2.24. The molecule has 3 N–H and O–H groups in total. The summed E-state index contributed by atoms with van der Waals surface area (Å²) in [6.07, 6.45) is 3.53. The van der Waals surface area contributed by atoms with Crippen LogP contribution in [0.3, 0.4) is 0 Å². The first-order valence-corrected chi connectivity index (χ1v) is 6.39. The molecule has 0 aliphatic heterocycles. The lowest BCUT2D eigenvalue weighted by atomic mass is 9.99. The molecule has 3 rings (SSSR count). The summed E-state index contributed by atoms with van der Waals surface area (Å²) in [7, 11) is 0. The average Bonchev–Trinajstić information content (AvgIpc) is 2.48. The van der Waals surface area contributed by atoms with E-state index in [2.05, 4.69) is 20.4 Å². The third-order valence-corrected chi connectivity index (χ3v) is 3.25. The largest absolute Gasteiger partial charge is 0.271 e. The summed E-state index contributed by atoms with van der Waals surface area (Å²) < 4.78 is 0. The van der Waals surface area contributed by atoms with Crippen molar-refractivity contribution in [2.45, 2.75) is 13.0 Å². The highest BCUT2D eigenvalue weighted by atomic mass is 15.2. The quantitative estimate of drug-likeness (QED) is 0.558. The molecule has 20 heavy (non-hydrogen) atoms. The first-order valence-electron chi connectivity index (χ1n) is 6.39. The van der Waals surface area contributed by atoms with Crippen molar-refractivity contribution < 1.29 is 0 Å². The molecule has 1 unspecified atom stereocenters. The van der Waals surface area contributed by atoms with Gasteiger partial charge in [-0.25, -0.2) is 15.4 Å². The Balaban J connectivity index is 2.17. The second kappa shape index (κ2) is 5.32. The molecular weight excluding hydrogens is 250 g/mol. The van der Waals surface area contributed by atoms with E-state index in [0.717, 1.165) is 28.0 Å². The summed E-state index contributed by atoms with van der Waals surface area (Å²) in [6.45, 7) is 1.86. The number of hydrazine groups is 1. The van der Waals surface area contributed by atoms with Crippen LogP contribution in [0.5, 0.6) is 0 Å². The van der Waals surface area contributed by atoms with E-state index >= 15 is 0 Å². The van der Waals surface area contributed by atoms with E-state index < -0.39 is 0 Å². The van der Waals surface area contributed by atoms with Crippen LogP contribution in [0.25, 0.3) is 10.9 Å². The number of nitrogens with zero attached hydrogens (tertiary/aromatic N) is 3.